The van der Waals surface area contributed by atoms with Gasteiger partial charge in [-0.15, -0.1) is 0 Å². The molecule has 0 aliphatic heterocycles. The molecule has 74 valence electrons. The van der Waals surface area contributed by atoms with Gasteiger partial charge in [-0.1, -0.05) is 32.2 Å². The van der Waals surface area contributed by atoms with Gasteiger partial charge in [0.05, 0.1) is 0 Å². The van der Waals surface area contributed by atoms with Crippen molar-refractivity contribution in [2.75, 3.05) is 6.61 Å². The summed E-state index contributed by atoms with van der Waals surface area (Å²) in [6.45, 7) is 5.62. The second-order valence-corrected chi connectivity index (χ2v) is 7.06. The van der Waals surface area contributed by atoms with Gasteiger partial charge in [0.25, 0.3) is 0 Å². The van der Waals surface area contributed by atoms with E-state index < -0.39 is 9.04 Å². The molecule has 1 unspecified atom stereocenters. The van der Waals surface area contributed by atoms with Crippen LogP contribution >= 0.6 is 0 Å². The monoisotopic (exact) mass is 204 g/mol. The quantitative estimate of drug-likeness (QED) is 0.432. The molecule has 0 spiro atoms. The van der Waals surface area contributed by atoms with Gasteiger partial charge in [0, 0.05) is 16.8 Å². The van der Waals surface area contributed by atoms with Crippen LogP contribution in [0.1, 0.15) is 32.6 Å². The zero-order chi connectivity index (χ0) is 9.23. The molecule has 0 amide bonds. The minimum absolute atomic E-state index is 0.719. The van der Waals surface area contributed by atoms with Gasteiger partial charge in [-0.25, -0.2) is 0 Å². The van der Waals surface area contributed by atoms with Crippen molar-refractivity contribution in [2.24, 2.45) is 0 Å². The van der Waals surface area contributed by atoms with Gasteiger partial charge in [0.1, 0.15) is 0 Å². The molecular weight excluding hydrogens is 180 g/mol. The van der Waals surface area contributed by atoms with Crippen molar-refractivity contribution in [3.63, 3.8) is 0 Å². The summed E-state index contributed by atoms with van der Waals surface area (Å²) in [5, 5.41) is 0. The van der Waals surface area contributed by atoms with Crippen LogP contribution in [-0.4, -0.2) is 25.9 Å². The van der Waals surface area contributed by atoms with Crippen molar-refractivity contribution in [1.82, 2.24) is 0 Å². The van der Waals surface area contributed by atoms with Crippen molar-refractivity contribution in [3.8, 4) is 0 Å². The molecule has 3 heteroatoms. The molecular formula is C9H24OSi2. The van der Waals surface area contributed by atoms with Crippen molar-refractivity contribution in [3.05, 3.63) is 0 Å². The van der Waals surface area contributed by atoms with Gasteiger partial charge in [-0.3, -0.25) is 0 Å². The highest BCUT2D eigenvalue weighted by atomic mass is 28.3. The Hall–Kier alpha value is 0.394. The molecule has 0 N–H and O–H groups in total. The zero-order valence-electron chi connectivity index (χ0n) is 8.94. The topological polar surface area (TPSA) is 9.23 Å². The van der Waals surface area contributed by atoms with E-state index in [1.807, 2.05) is 0 Å². The molecule has 0 rings (SSSR count). The highest BCUT2D eigenvalue weighted by Crippen LogP contribution is 2.02. The average molecular weight is 204 g/mol. The minimum atomic E-state index is -0.719. The van der Waals surface area contributed by atoms with E-state index in [9.17, 15) is 0 Å². The SMILES string of the molecule is CCCCCCO[SiH](C)CC[SiH3]. The molecule has 0 radical (unpaired) electrons. The lowest BCUT2D eigenvalue weighted by atomic mass is 10.2. The second-order valence-electron chi connectivity index (χ2n) is 3.53. The first kappa shape index (κ1) is 12.4. The molecule has 0 fully saturated rings. The van der Waals surface area contributed by atoms with E-state index in [1.54, 1.807) is 0 Å². The van der Waals surface area contributed by atoms with Crippen LogP contribution in [0, 0.1) is 0 Å². The second kappa shape index (κ2) is 9.48. The van der Waals surface area contributed by atoms with Crippen molar-refractivity contribution < 1.29 is 4.43 Å². The fourth-order valence-corrected chi connectivity index (χ4v) is 5.29. The van der Waals surface area contributed by atoms with Crippen LogP contribution in [0.15, 0.2) is 0 Å². The third-order valence-corrected chi connectivity index (χ3v) is 6.02. The molecule has 1 atom stereocenters. The van der Waals surface area contributed by atoms with Crippen LogP contribution in [-0.2, 0) is 4.43 Å². The number of hydrogen-bond donors (Lipinski definition) is 0. The molecule has 12 heavy (non-hydrogen) atoms. The Morgan fingerprint density at radius 1 is 1.25 bits per heavy atom. The van der Waals surface area contributed by atoms with Crippen molar-refractivity contribution in [1.29, 1.82) is 0 Å². The Bertz CT molecular complexity index is 88.6. The molecule has 0 saturated heterocycles. The van der Waals surface area contributed by atoms with Crippen LogP contribution in [0.25, 0.3) is 0 Å². The molecule has 1 nitrogen and oxygen atoms in total. The third kappa shape index (κ3) is 8.49. The van der Waals surface area contributed by atoms with E-state index in [0.29, 0.717) is 0 Å². The molecule has 0 aromatic heterocycles. The van der Waals surface area contributed by atoms with E-state index in [1.165, 1.54) is 48.0 Å². The maximum atomic E-state index is 5.79. The summed E-state index contributed by atoms with van der Waals surface area (Å²) in [4.78, 5) is 0. The summed E-state index contributed by atoms with van der Waals surface area (Å²) in [5.74, 6) is 0. The lowest BCUT2D eigenvalue weighted by molar-refractivity contribution is 0.309. The lowest BCUT2D eigenvalue weighted by Crippen LogP contribution is -2.13. The first-order chi connectivity index (χ1) is 5.81. The number of unbranched alkanes of at least 4 members (excludes halogenated alkanes) is 3. The Morgan fingerprint density at radius 3 is 2.58 bits per heavy atom. The summed E-state index contributed by atoms with van der Waals surface area (Å²) in [7, 11) is 0.633. The van der Waals surface area contributed by atoms with Crippen LogP contribution < -0.4 is 0 Å². The van der Waals surface area contributed by atoms with Crippen LogP contribution in [0.4, 0.5) is 0 Å². The Kier molecular flexibility index (Phi) is 9.79. The highest BCUT2D eigenvalue weighted by Gasteiger charge is 2.01. The van der Waals surface area contributed by atoms with E-state index in [0.717, 1.165) is 6.61 Å². The number of hydrogen-bond acceptors (Lipinski definition) is 1. The average Bonchev–Trinajstić information content (AvgIpc) is 2.05. The summed E-state index contributed by atoms with van der Waals surface area (Å²) in [6.07, 6.45) is 5.35. The molecule has 0 heterocycles. The van der Waals surface area contributed by atoms with E-state index >= 15 is 0 Å². The van der Waals surface area contributed by atoms with Gasteiger partial charge in [-0.05, 0) is 19.0 Å². The smallest absolute Gasteiger partial charge is 0.173 e. The largest absolute Gasteiger partial charge is 0.420 e. The maximum Gasteiger partial charge on any atom is 0.173 e. The van der Waals surface area contributed by atoms with Crippen LogP contribution in [0.5, 0.6) is 0 Å². The van der Waals surface area contributed by atoms with Gasteiger partial charge in [0.15, 0.2) is 9.04 Å². The molecule has 0 saturated carbocycles. The molecule has 0 aliphatic carbocycles. The Morgan fingerprint density at radius 2 is 2.00 bits per heavy atom. The third-order valence-electron chi connectivity index (χ3n) is 2.10. The van der Waals surface area contributed by atoms with Crippen LogP contribution in [0.2, 0.25) is 18.6 Å². The van der Waals surface area contributed by atoms with E-state index in [2.05, 4.69) is 13.5 Å². The highest BCUT2D eigenvalue weighted by molar-refractivity contribution is 6.51. The van der Waals surface area contributed by atoms with E-state index in [-0.39, 0.29) is 0 Å². The van der Waals surface area contributed by atoms with E-state index in [4.69, 9.17) is 4.43 Å². The zero-order valence-corrected chi connectivity index (χ0v) is 12.1. The molecule has 0 aromatic carbocycles. The molecule has 0 aliphatic rings. The normalized spacial score (nSPS) is 13.5. The minimum Gasteiger partial charge on any atom is -0.420 e. The number of rotatable bonds is 8. The summed E-state index contributed by atoms with van der Waals surface area (Å²) >= 11 is 0. The lowest BCUT2D eigenvalue weighted by Gasteiger charge is -2.09. The fourth-order valence-electron chi connectivity index (χ4n) is 1.30. The maximum absolute atomic E-state index is 5.79. The first-order valence-electron chi connectivity index (χ1n) is 5.42. The predicted molar refractivity (Wildman–Crippen MR) is 62.7 cm³/mol. The van der Waals surface area contributed by atoms with Crippen molar-refractivity contribution >= 4 is 19.3 Å². The molecule has 0 aromatic rings. The predicted octanol–water partition coefficient (Wildman–Crippen LogP) is 1.72. The Balaban J connectivity index is 2.97. The fraction of sp³-hybridized carbons (Fsp3) is 1.00. The van der Waals surface area contributed by atoms with Gasteiger partial charge in [-0.2, -0.15) is 0 Å². The van der Waals surface area contributed by atoms with Gasteiger partial charge in [0.2, 0.25) is 0 Å². The summed E-state index contributed by atoms with van der Waals surface area (Å²) in [6, 6.07) is 2.84. The Labute approximate surface area is 82.0 Å². The first-order valence-corrected chi connectivity index (χ1v) is 9.28. The standard InChI is InChI=1S/C9H24OSi2/c1-3-4-5-6-7-10-12(2)9-8-11/h12H,3-9H2,1-2,11H3. The van der Waals surface area contributed by atoms with Crippen LogP contribution in [0.3, 0.4) is 0 Å². The van der Waals surface area contributed by atoms with Gasteiger partial charge < -0.3 is 4.43 Å². The molecule has 0 bridgehead atoms. The van der Waals surface area contributed by atoms with Crippen molar-refractivity contribution in [2.45, 2.75) is 51.2 Å². The summed E-state index contributed by atoms with van der Waals surface area (Å²) < 4.78 is 5.79. The van der Waals surface area contributed by atoms with Gasteiger partial charge >= 0.3 is 0 Å². The summed E-state index contributed by atoms with van der Waals surface area (Å²) in [5.41, 5.74) is 0.